The highest BCUT2D eigenvalue weighted by Crippen LogP contribution is 2.49. The molecule has 1 unspecified atom stereocenters. The van der Waals surface area contributed by atoms with Crippen molar-refractivity contribution in [3.63, 3.8) is 0 Å². The van der Waals surface area contributed by atoms with Gasteiger partial charge in [0.2, 0.25) is 0 Å². The van der Waals surface area contributed by atoms with Crippen LogP contribution in [0.25, 0.3) is 0 Å². The molecule has 0 aromatic heterocycles. The van der Waals surface area contributed by atoms with Crippen LogP contribution in [0.5, 0.6) is 0 Å². The Labute approximate surface area is 197 Å². The molecule has 0 heterocycles. The van der Waals surface area contributed by atoms with Crippen LogP contribution < -0.4 is 0 Å². The molecule has 0 aliphatic carbocycles. The summed E-state index contributed by atoms with van der Waals surface area (Å²) in [7, 11) is 0. The Hall–Kier alpha value is -2.34. The summed E-state index contributed by atoms with van der Waals surface area (Å²) in [4.78, 5) is 0. The second-order valence-corrected chi connectivity index (χ2v) is 9.30. The largest absolute Gasteiger partial charge is 0.0654 e. The Morgan fingerprint density at radius 1 is 0.469 bits per heavy atom. The monoisotopic (exact) mass is 426 g/mol. The molecular formula is C32H42. The van der Waals surface area contributed by atoms with E-state index in [9.17, 15) is 0 Å². The van der Waals surface area contributed by atoms with E-state index in [1.54, 1.807) is 0 Å². The van der Waals surface area contributed by atoms with Crippen LogP contribution in [-0.2, 0) is 5.41 Å². The van der Waals surface area contributed by atoms with Crippen LogP contribution in [-0.4, -0.2) is 0 Å². The van der Waals surface area contributed by atoms with Gasteiger partial charge in [-0.3, -0.25) is 0 Å². The zero-order valence-electron chi connectivity index (χ0n) is 20.3. The van der Waals surface area contributed by atoms with E-state index in [4.69, 9.17) is 0 Å². The maximum Gasteiger partial charge on any atom is 0.0479 e. The van der Waals surface area contributed by atoms with E-state index in [0.29, 0.717) is 5.92 Å². The molecule has 0 saturated heterocycles. The van der Waals surface area contributed by atoms with Crippen molar-refractivity contribution in [3.05, 3.63) is 108 Å². The van der Waals surface area contributed by atoms with Gasteiger partial charge in [0, 0.05) is 5.41 Å². The van der Waals surface area contributed by atoms with E-state index in [-0.39, 0.29) is 5.41 Å². The van der Waals surface area contributed by atoms with Gasteiger partial charge in [-0.2, -0.15) is 0 Å². The topological polar surface area (TPSA) is 0 Å². The molecule has 0 fully saturated rings. The van der Waals surface area contributed by atoms with E-state index >= 15 is 0 Å². The Kier molecular flexibility index (Phi) is 10.1. The molecule has 0 radical (unpaired) electrons. The summed E-state index contributed by atoms with van der Waals surface area (Å²) < 4.78 is 0. The fraction of sp³-hybridized carbons (Fsp3) is 0.438. The first-order valence-corrected chi connectivity index (χ1v) is 13.0. The normalized spacial score (nSPS) is 12.6. The molecule has 0 spiro atoms. The predicted octanol–water partition coefficient (Wildman–Crippen LogP) is 9.58. The van der Waals surface area contributed by atoms with Gasteiger partial charge in [-0.1, -0.05) is 156 Å². The van der Waals surface area contributed by atoms with Crippen LogP contribution in [0.15, 0.2) is 91.0 Å². The summed E-state index contributed by atoms with van der Waals surface area (Å²) in [6, 6.07) is 33.9. The van der Waals surface area contributed by atoms with Gasteiger partial charge < -0.3 is 0 Å². The minimum absolute atomic E-state index is 0.109. The number of benzene rings is 3. The Morgan fingerprint density at radius 2 is 0.844 bits per heavy atom. The van der Waals surface area contributed by atoms with Gasteiger partial charge in [0.25, 0.3) is 0 Å². The molecule has 0 aliphatic heterocycles. The molecule has 170 valence electrons. The maximum absolute atomic E-state index is 2.36. The predicted molar refractivity (Wildman–Crippen MR) is 140 cm³/mol. The Balaban J connectivity index is 2.07. The molecule has 0 N–H and O–H groups in total. The average Bonchev–Trinajstić information content (AvgIpc) is 2.86. The highest BCUT2D eigenvalue weighted by molar-refractivity contribution is 5.51. The highest BCUT2D eigenvalue weighted by atomic mass is 14.4. The molecule has 0 heteroatoms. The summed E-state index contributed by atoms with van der Waals surface area (Å²) in [5.74, 6) is 0.584. The van der Waals surface area contributed by atoms with Crippen molar-refractivity contribution < 1.29 is 0 Å². The van der Waals surface area contributed by atoms with Crippen LogP contribution in [0, 0.1) is 5.92 Å². The average molecular weight is 427 g/mol. The van der Waals surface area contributed by atoms with Crippen molar-refractivity contribution in [2.45, 2.75) is 83.5 Å². The Bertz CT molecular complexity index is 754. The van der Waals surface area contributed by atoms with Crippen molar-refractivity contribution >= 4 is 0 Å². The highest BCUT2D eigenvalue weighted by Gasteiger charge is 2.42. The Morgan fingerprint density at radius 3 is 1.28 bits per heavy atom. The first-order valence-electron chi connectivity index (χ1n) is 13.0. The van der Waals surface area contributed by atoms with E-state index < -0.39 is 0 Å². The molecule has 1 atom stereocenters. The fourth-order valence-corrected chi connectivity index (χ4v) is 5.51. The number of unbranched alkanes of at least 4 members (excludes halogenated alkanes) is 6. The quantitative estimate of drug-likeness (QED) is 0.178. The van der Waals surface area contributed by atoms with Gasteiger partial charge in [-0.15, -0.1) is 0 Å². The van der Waals surface area contributed by atoms with Gasteiger partial charge >= 0.3 is 0 Å². The van der Waals surface area contributed by atoms with Gasteiger partial charge in [-0.25, -0.2) is 0 Å². The molecule has 0 nitrogen and oxygen atoms in total. The van der Waals surface area contributed by atoms with Crippen molar-refractivity contribution in [1.82, 2.24) is 0 Å². The molecule has 0 bridgehead atoms. The van der Waals surface area contributed by atoms with Crippen molar-refractivity contribution in [2.24, 2.45) is 5.92 Å². The van der Waals surface area contributed by atoms with Gasteiger partial charge in [-0.05, 0) is 35.4 Å². The van der Waals surface area contributed by atoms with Gasteiger partial charge in [0.15, 0.2) is 0 Å². The minimum Gasteiger partial charge on any atom is -0.0654 e. The first-order chi connectivity index (χ1) is 15.8. The molecular weight excluding hydrogens is 384 g/mol. The van der Waals surface area contributed by atoms with Crippen LogP contribution in [0.1, 0.15) is 94.7 Å². The summed E-state index contributed by atoms with van der Waals surface area (Å²) in [5.41, 5.74) is 4.20. The SMILES string of the molecule is CCCCCCCCC(CCCC)C(c1ccccc1)(c1ccccc1)c1ccccc1. The lowest BCUT2D eigenvalue weighted by Gasteiger charge is -2.43. The minimum atomic E-state index is -0.109. The van der Waals surface area contributed by atoms with Crippen molar-refractivity contribution in [3.8, 4) is 0 Å². The molecule has 3 rings (SSSR count). The van der Waals surface area contributed by atoms with E-state index in [1.165, 1.54) is 80.9 Å². The number of rotatable bonds is 14. The van der Waals surface area contributed by atoms with Gasteiger partial charge in [0.05, 0.1) is 0 Å². The molecule has 0 amide bonds. The molecule has 0 aliphatic rings. The lowest BCUT2D eigenvalue weighted by Crippen LogP contribution is -2.38. The van der Waals surface area contributed by atoms with E-state index in [0.717, 1.165) is 0 Å². The third-order valence-electron chi connectivity index (χ3n) is 7.11. The number of hydrogen-bond acceptors (Lipinski definition) is 0. The van der Waals surface area contributed by atoms with E-state index in [2.05, 4.69) is 105 Å². The van der Waals surface area contributed by atoms with Gasteiger partial charge in [0.1, 0.15) is 0 Å². The molecule has 3 aromatic rings. The smallest absolute Gasteiger partial charge is 0.0479 e. The van der Waals surface area contributed by atoms with Crippen LogP contribution in [0.3, 0.4) is 0 Å². The lowest BCUT2D eigenvalue weighted by molar-refractivity contribution is 0.306. The molecule has 3 aromatic carbocycles. The lowest BCUT2D eigenvalue weighted by atomic mass is 9.59. The van der Waals surface area contributed by atoms with E-state index in [1.807, 2.05) is 0 Å². The summed E-state index contributed by atoms with van der Waals surface area (Å²) in [6.07, 6.45) is 13.2. The summed E-state index contributed by atoms with van der Waals surface area (Å²) in [5, 5.41) is 0. The maximum atomic E-state index is 2.36. The van der Waals surface area contributed by atoms with Crippen molar-refractivity contribution in [2.75, 3.05) is 0 Å². The van der Waals surface area contributed by atoms with Crippen LogP contribution in [0.4, 0.5) is 0 Å². The zero-order chi connectivity index (χ0) is 22.5. The summed E-state index contributed by atoms with van der Waals surface area (Å²) in [6.45, 7) is 4.63. The third kappa shape index (κ3) is 5.91. The van der Waals surface area contributed by atoms with Crippen LogP contribution >= 0.6 is 0 Å². The summed E-state index contributed by atoms with van der Waals surface area (Å²) >= 11 is 0. The number of hydrogen-bond donors (Lipinski definition) is 0. The molecule has 0 saturated carbocycles. The molecule has 32 heavy (non-hydrogen) atoms. The first kappa shape index (κ1) is 24.3. The third-order valence-corrected chi connectivity index (χ3v) is 7.11. The van der Waals surface area contributed by atoms with Crippen LogP contribution in [0.2, 0.25) is 0 Å². The second kappa shape index (κ2) is 13.3. The standard InChI is InChI=1S/C32H42/c1-3-5-7-8-9-13-21-28(20-6-4-2)32(29-22-14-10-15-23-29,30-24-16-11-17-25-30)31-26-18-12-19-27-31/h10-12,14-19,22-28H,3-9,13,20-21H2,1-2H3. The van der Waals surface area contributed by atoms with Crippen molar-refractivity contribution in [1.29, 1.82) is 0 Å². The second-order valence-electron chi connectivity index (χ2n) is 9.30. The zero-order valence-corrected chi connectivity index (χ0v) is 20.3. The fourth-order valence-electron chi connectivity index (χ4n) is 5.51.